The molecule has 0 spiro atoms. The standard InChI is InChI=1S/C13H24I2N2O4/c1-10(14)12(18)20-8-6-17(5-3-4-16)7-9-21-13(19)11(2)15/h10-11H,3-9,16H2,1-2H3/p+1. The van der Waals surface area contributed by atoms with Gasteiger partial charge >= 0.3 is 11.9 Å². The van der Waals surface area contributed by atoms with E-state index in [1.54, 1.807) is 13.8 Å². The lowest BCUT2D eigenvalue weighted by Crippen LogP contribution is -3.13. The zero-order valence-corrected chi connectivity index (χ0v) is 16.9. The molecule has 0 aromatic rings. The minimum absolute atomic E-state index is 0.138. The van der Waals surface area contributed by atoms with Gasteiger partial charge < -0.3 is 20.1 Å². The second-order valence-electron chi connectivity index (χ2n) is 4.71. The number of quaternary nitrogens is 1. The topological polar surface area (TPSA) is 83.1 Å². The van der Waals surface area contributed by atoms with Crippen molar-refractivity contribution >= 4 is 57.1 Å². The van der Waals surface area contributed by atoms with Gasteiger partial charge in [-0.05, 0) is 20.4 Å². The number of carbonyl (C=O) groups excluding carboxylic acids is 2. The van der Waals surface area contributed by atoms with E-state index in [0.29, 0.717) is 32.8 Å². The molecule has 2 unspecified atom stereocenters. The summed E-state index contributed by atoms with van der Waals surface area (Å²) >= 11 is 4.06. The Morgan fingerprint density at radius 1 is 1.00 bits per heavy atom. The summed E-state index contributed by atoms with van der Waals surface area (Å²) in [7, 11) is 0. The molecule has 0 aliphatic heterocycles. The Kier molecular flexibility index (Phi) is 13.0. The minimum atomic E-state index is -0.195. The van der Waals surface area contributed by atoms with Gasteiger partial charge in [0.25, 0.3) is 0 Å². The Labute approximate surface area is 153 Å². The molecule has 124 valence electrons. The van der Waals surface area contributed by atoms with Crippen LogP contribution in [0.15, 0.2) is 0 Å². The van der Waals surface area contributed by atoms with Crippen molar-refractivity contribution in [2.24, 2.45) is 5.73 Å². The lowest BCUT2D eigenvalue weighted by Gasteiger charge is -2.19. The molecule has 0 aromatic carbocycles. The molecule has 0 fully saturated rings. The molecule has 21 heavy (non-hydrogen) atoms. The van der Waals surface area contributed by atoms with Crippen LogP contribution < -0.4 is 10.6 Å². The van der Waals surface area contributed by atoms with E-state index >= 15 is 0 Å². The molecule has 6 nitrogen and oxygen atoms in total. The molecule has 8 heteroatoms. The number of rotatable bonds is 11. The first-order chi connectivity index (χ1) is 9.88. The average Bonchev–Trinajstić information content (AvgIpc) is 2.43. The molecule has 0 heterocycles. The molecule has 0 bridgehead atoms. The number of halogens is 2. The van der Waals surface area contributed by atoms with Gasteiger partial charge in [0.2, 0.25) is 0 Å². The summed E-state index contributed by atoms with van der Waals surface area (Å²) < 4.78 is 10.1. The zero-order chi connectivity index (χ0) is 16.3. The third-order valence-corrected chi connectivity index (χ3v) is 3.80. The third-order valence-electron chi connectivity index (χ3n) is 2.78. The van der Waals surface area contributed by atoms with Crippen molar-refractivity contribution < 1.29 is 24.0 Å². The molecule has 3 N–H and O–H groups in total. The van der Waals surface area contributed by atoms with Gasteiger partial charge in [0, 0.05) is 6.42 Å². The fourth-order valence-corrected chi connectivity index (χ4v) is 1.91. The second-order valence-corrected chi connectivity index (χ2v) is 8.45. The number of alkyl halides is 2. The first-order valence-electron chi connectivity index (χ1n) is 7.03. The van der Waals surface area contributed by atoms with Crippen LogP contribution in [-0.4, -0.2) is 59.2 Å². The Hall–Kier alpha value is 0.320. The largest absolute Gasteiger partial charge is 0.459 e. The maximum atomic E-state index is 11.4. The summed E-state index contributed by atoms with van der Waals surface area (Å²) in [5.41, 5.74) is 5.52. The first kappa shape index (κ1) is 21.3. The van der Waals surface area contributed by atoms with Gasteiger partial charge in [-0.2, -0.15) is 0 Å². The predicted octanol–water partition coefficient (Wildman–Crippen LogP) is -0.0465. The normalized spacial score (nSPS) is 15.1. The smallest absolute Gasteiger partial charge is 0.318 e. The Morgan fingerprint density at radius 3 is 1.76 bits per heavy atom. The van der Waals surface area contributed by atoms with Crippen LogP contribution in [0.5, 0.6) is 0 Å². The van der Waals surface area contributed by atoms with Crippen LogP contribution in [0.4, 0.5) is 0 Å². The lowest BCUT2D eigenvalue weighted by molar-refractivity contribution is -0.900. The molecule has 0 aliphatic rings. The summed E-state index contributed by atoms with van der Waals surface area (Å²) in [5, 5.41) is 0. The monoisotopic (exact) mass is 527 g/mol. The fourth-order valence-electron chi connectivity index (χ4n) is 1.55. The average molecular weight is 527 g/mol. The van der Waals surface area contributed by atoms with E-state index in [0.717, 1.165) is 13.0 Å². The summed E-state index contributed by atoms with van der Waals surface area (Å²) in [6, 6.07) is 0. The van der Waals surface area contributed by atoms with Gasteiger partial charge in [-0.1, -0.05) is 45.2 Å². The molecule has 2 atom stereocenters. The highest BCUT2D eigenvalue weighted by Crippen LogP contribution is 2.00. The van der Waals surface area contributed by atoms with E-state index in [1.165, 1.54) is 4.90 Å². The molecule has 0 amide bonds. The van der Waals surface area contributed by atoms with E-state index in [2.05, 4.69) is 0 Å². The Morgan fingerprint density at radius 2 is 1.43 bits per heavy atom. The maximum absolute atomic E-state index is 11.4. The fraction of sp³-hybridized carbons (Fsp3) is 0.846. The summed E-state index contributed by atoms with van der Waals surface area (Å²) in [6.45, 7) is 7.26. The highest BCUT2D eigenvalue weighted by atomic mass is 127. The molecule has 0 rings (SSSR count). The highest BCUT2D eigenvalue weighted by molar-refractivity contribution is 14.1. The number of carbonyl (C=O) groups is 2. The molecule has 0 saturated heterocycles. The van der Waals surface area contributed by atoms with Crippen LogP contribution in [0.2, 0.25) is 0 Å². The van der Waals surface area contributed by atoms with Crippen LogP contribution in [0.1, 0.15) is 20.3 Å². The van der Waals surface area contributed by atoms with E-state index in [9.17, 15) is 9.59 Å². The lowest BCUT2D eigenvalue weighted by atomic mass is 10.3. The number of esters is 2. The van der Waals surface area contributed by atoms with Crippen LogP contribution >= 0.6 is 45.2 Å². The SMILES string of the molecule is CC(I)C(=O)OCC[NH+](CCCN)CCOC(=O)C(C)I. The summed E-state index contributed by atoms with van der Waals surface area (Å²) in [4.78, 5) is 24.0. The number of hydrogen-bond donors (Lipinski definition) is 2. The van der Waals surface area contributed by atoms with Crippen LogP contribution in [0.3, 0.4) is 0 Å². The van der Waals surface area contributed by atoms with Crippen molar-refractivity contribution in [2.45, 2.75) is 28.1 Å². The maximum Gasteiger partial charge on any atom is 0.318 e. The van der Waals surface area contributed by atoms with E-state index < -0.39 is 0 Å². The van der Waals surface area contributed by atoms with Gasteiger partial charge in [-0.25, -0.2) is 0 Å². The van der Waals surface area contributed by atoms with E-state index in [-0.39, 0.29) is 19.8 Å². The van der Waals surface area contributed by atoms with Crippen molar-refractivity contribution in [3.63, 3.8) is 0 Å². The first-order valence-corrected chi connectivity index (χ1v) is 9.52. The zero-order valence-electron chi connectivity index (χ0n) is 12.6. The minimum Gasteiger partial charge on any atom is -0.459 e. The summed E-state index contributed by atoms with van der Waals surface area (Å²) in [6.07, 6.45) is 0.891. The van der Waals surface area contributed by atoms with Gasteiger partial charge in [-0.15, -0.1) is 0 Å². The molecule has 0 radical (unpaired) electrons. The van der Waals surface area contributed by atoms with E-state index in [4.69, 9.17) is 15.2 Å². The Balaban J connectivity index is 4.02. The van der Waals surface area contributed by atoms with Crippen molar-refractivity contribution in [3.05, 3.63) is 0 Å². The molecule has 0 aromatic heterocycles. The molecular formula is C13H25I2N2O4+. The molecule has 0 saturated carbocycles. The predicted molar refractivity (Wildman–Crippen MR) is 98.1 cm³/mol. The summed E-state index contributed by atoms with van der Waals surface area (Å²) in [5.74, 6) is -0.391. The molecule has 0 aliphatic carbocycles. The van der Waals surface area contributed by atoms with Crippen molar-refractivity contribution in [2.75, 3.05) is 39.4 Å². The number of nitrogens with two attached hydrogens (primary N) is 1. The van der Waals surface area contributed by atoms with Gasteiger partial charge in [0.1, 0.15) is 34.2 Å². The quantitative estimate of drug-likeness (QED) is 0.224. The van der Waals surface area contributed by atoms with Gasteiger partial charge in [0.05, 0.1) is 6.54 Å². The van der Waals surface area contributed by atoms with Crippen LogP contribution in [0, 0.1) is 0 Å². The number of nitrogens with one attached hydrogen (secondary N) is 1. The highest BCUT2D eigenvalue weighted by Gasteiger charge is 2.15. The van der Waals surface area contributed by atoms with E-state index in [1.807, 2.05) is 45.2 Å². The number of hydrogen-bond acceptors (Lipinski definition) is 5. The second kappa shape index (κ2) is 12.8. The number of ether oxygens (including phenoxy) is 2. The molecular weight excluding hydrogens is 502 g/mol. The third kappa shape index (κ3) is 11.5. The van der Waals surface area contributed by atoms with Crippen molar-refractivity contribution in [3.8, 4) is 0 Å². The van der Waals surface area contributed by atoms with Gasteiger partial charge in [0.15, 0.2) is 0 Å². The van der Waals surface area contributed by atoms with Crippen molar-refractivity contribution in [1.29, 1.82) is 0 Å². The van der Waals surface area contributed by atoms with Crippen molar-refractivity contribution in [1.82, 2.24) is 0 Å². The Bertz CT molecular complexity index is 289. The van der Waals surface area contributed by atoms with Crippen LogP contribution in [-0.2, 0) is 19.1 Å². The van der Waals surface area contributed by atoms with Crippen LogP contribution in [0.25, 0.3) is 0 Å². The van der Waals surface area contributed by atoms with Gasteiger partial charge in [-0.3, -0.25) is 9.59 Å².